The molecule has 0 saturated carbocycles. The number of amides is 1. The Kier molecular flexibility index (Phi) is 5.58. The summed E-state index contributed by atoms with van der Waals surface area (Å²) in [6.07, 6.45) is 1.88. The van der Waals surface area contributed by atoms with Crippen LogP contribution in [0.3, 0.4) is 0 Å². The summed E-state index contributed by atoms with van der Waals surface area (Å²) in [6, 6.07) is 16.5. The number of benzene rings is 2. The average Bonchev–Trinajstić information content (AvgIpc) is 2.85. The molecule has 1 saturated heterocycles. The minimum atomic E-state index is -0.116. The Labute approximate surface area is 157 Å². The fraction of sp³-hybridized carbons (Fsp3) is 0.0588. The summed E-state index contributed by atoms with van der Waals surface area (Å²) < 4.78 is 1.60. The molecule has 1 fully saturated rings. The molecule has 0 atom stereocenters. The van der Waals surface area contributed by atoms with Crippen LogP contribution < -0.4 is 5.32 Å². The normalized spacial score (nSPS) is 16.0. The smallest absolute Gasteiger partial charge is 0.263 e. The number of halogens is 1. The molecule has 2 aromatic rings. The fourth-order valence-corrected chi connectivity index (χ4v) is 4.19. The fourth-order valence-electron chi connectivity index (χ4n) is 2.04. The van der Waals surface area contributed by atoms with E-state index in [2.05, 4.69) is 45.5 Å². The lowest BCUT2D eigenvalue weighted by atomic mass is 10.1. The van der Waals surface area contributed by atoms with Crippen molar-refractivity contribution >= 4 is 68.0 Å². The quantitative estimate of drug-likeness (QED) is 0.415. The monoisotopic (exact) mass is 421 g/mol. The van der Waals surface area contributed by atoms with Gasteiger partial charge in [-0.25, -0.2) is 0 Å². The summed E-state index contributed by atoms with van der Waals surface area (Å²) in [5.41, 5.74) is 2.24. The number of nitrogens with one attached hydrogen (secondary N) is 1. The molecule has 6 heteroatoms. The van der Waals surface area contributed by atoms with Gasteiger partial charge in [-0.1, -0.05) is 64.2 Å². The highest BCUT2D eigenvalue weighted by Crippen LogP contribution is 2.28. The molecule has 0 unspecified atom stereocenters. The topological polar surface area (TPSA) is 29.1 Å². The summed E-state index contributed by atoms with van der Waals surface area (Å²) >= 11 is 11.5. The van der Waals surface area contributed by atoms with Crippen molar-refractivity contribution in [3.8, 4) is 0 Å². The average molecular weight is 422 g/mol. The van der Waals surface area contributed by atoms with Gasteiger partial charge < -0.3 is 5.32 Å². The van der Waals surface area contributed by atoms with E-state index < -0.39 is 0 Å². The first kappa shape index (κ1) is 16.8. The van der Waals surface area contributed by atoms with Crippen molar-refractivity contribution in [2.24, 2.45) is 0 Å². The van der Waals surface area contributed by atoms with E-state index in [1.807, 2.05) is 30.3 Å². The van der Waals surface area contributed by atoms with Crippen LogP contribution in [0.5, 0.6) is 0 Å². The number of rotatable bonds is 4. The van der Waals surface area contributed by atoms with E-state index in [0.29, 0.717) is 9.23 Å². The standard InChI is InChI=1S/C17H12BrNOS3/c18-13-4-6-14(7-5-13)22-10-12-3-1-2-11(8-12)9-15-16(20)19-17(21)23-15/h1-9H,10H2,(H,19,20,21). The summed E-state index contributed by atoms with van der Waals surface area (Å²) in [5.74, 6) is 0.769. The lowest BCUT2D eigenvalue weighted by Crippen LogP contribution is -2.17. The Morgan fingerprint density at radius 1 is 1.22 bits per heavy atom. The number of hydrogen-bond donors (Lipinski definition) is 1. The second kappa shape index (κ2) is 7.66. The van der Waals surface area contributed by atoms with Gasteiger partial charge in [-0.15, -0.1) is 11.8 Å². The summed E-state index contributed by atoms with van der Waals surface area (Å²) in [4.78, 5) is 13.6. The number of thiocarbonyl (C=S) groups is 1. The minimum Gasteiger partial charge on any atom is -0.307 e. The molecule has 1 heterocycles. The molecule has 1 amide bonds. The third-order valence-corrected chi connectivity index (χ3v) is 5.88. The van der Waals surface area contributed by atoms with E-state index in [1.54, 1.807) is 11.8 Å². The van der Waals surface area contributed by atoms with Gasteiger partial charge in [0.1, 0.15) is 4.32 Å². The molecule has 23 heavy (non-hydrogen) atoms. The van der Waals surface area contributed by atoms with Gasteiger partial charge in [0.15, 0.2) is 0 Å². The van der Waals surface area contributed by atoms with Crippen LogP contribution in [0.2, 0.25) is 0 Å². The largest absolute Gasteiger partial charge is 0.307 e. The Hall–Kier alpha value is -1.08. The first-order valence-electron chi connectivity index (χ1n) is 6.82. The predicted octanol–water partition coefficient (Wildman–Crippen LogP) is 5.23. The lowest BCUT2D eigenvalue weighted by molar-refractivity contribution is -0.115. The maximum atomic E-state index is 11.7. The zero-order valence-electron chi connectivity index (χ0n) is 11.9. The SMILES string of the molecule is O=C1NC(=S)SC1=Cc1cccc(CSc2ccc(Br)cc2)c1. The zero-order chi connectivity index (χ0) is 16.2. The predicted molar refractivity (Wildman–Crippen MR) is 106 cm³/mol. The molecule has 0 bridgehead atoms. The molecule has 0 spiro atoms. The lowest BCUT2D eigenvalue weighted by Gasteiger charge is -2.04. The number of thioether (sulfide) groups is 2. The van der Waals surface area contributed by atoms with Crippen LogP contribution in [0.25, 0.3) is 6.08 Å². The Morgan fingerprint density at radius 3 is 2.70 bits per heavy atom. The summed E-state index contributed by atoms with van der Waals surface area (Å²) in [7, 11) is 0. The van der Waals surface area contributed by atoms with Crippen molar-refractivity contribution in [2.75, 3.05) is 0 Å². The Morgan fingerprint density at radius 2 is 2.00 bits per heavy atom. The van der Waals surface area contributed by atoms with Crippen LogP contribution in [0, 0.1) is 0 Å². The van der Waals surface area contributed by atoms with Crippen LogP contribution in [0.4, 0.5) is 0 Å². The maximum absolute atomic E-state index is 11.7. The van der Waals surface area contributed by atoms with E-state index in [-0.39, 0.29) is 5.91 Å². The van der Waals surface area contributed by atoms with Crippen LogP contribution in [-0.4, -0.2) is 10.2 Å². The van der Waals surface area contributed by atoms with Gasteiger partial charge in [-0.2, -0.15) is 0 Å². The number of hydrogen-bond acceptors (Lipinski definition) is 4. The minimum absolute atomic E-state index is 0.116. The molecular formula is C17H12BrNOS3. The first-order chi connectivity index (χ1) is 11.1. The third kappa shape index (κ3) is 4.70. The van der Waals surface area contributed by atoms with Gasteiger partial charge in [0.2, 0.25) is 0 Å². The molecule has 0 radical (unpaired) electrons. The second-order valence-corrected chi connectivity index (χ2v) is 8.52. The molecular weight excluding hydrogens is 410 g/mol. The van der Waals surface area contributed by atoms with Crippen molar-refractivity contribution in [2.45, 2.75) is 10.6 Å². The maximum Gasteiger partial charge on any atom is 0.263 e. The molecule has 2 aromatic carbocycles. The number of carbonyl (C=O) groups is 1. The van der Waals surface area contributed by atoms with E-state index in [9.17, 15) is 4.79 Å². The highest BCUT2D eigenvalue weighted by molar-refractivity contribution is 9.10. The number of carbonyl (C=O) groups excluding carboxylic acids is 1. The van der Waals surface area contributed by atoms with Crippen LogP contribution in [0.15, 0.2) is 62.8 Å². The van der Waals surface area contributed by atoms with Crippen LogP contribution in [-0.2, 0) is 10.5 Å². The van der Waals surface area contributed by atoms with E-state index in [0.717, 1.165) is 15.8 Å². The highest BCUT2D eigenvalue weighted by Gasteiger charge is 2.21. The molecule has 1 N–H and O–H groups in total. The van der Waals surface area contributed by atoms with Gasteiger partial charge in [-0.05, 0) is 41.5 Å². The second-order valence-electron chi connectivity index (χ2n) is 4.84. The van der Waals surface area contributed by atoms with Gasteiger partial charge in [-0.3, -0.25) is 4.79 Å². The molecule has 0 aliphatic carbocycles. The van der Waals surface area contributed by atoms with Gasteiger partial charge in [0.05, 0.1) is 4.91 Å². The molecule has 3 rings (SSSR count). The summed E-state index contributed by atoms with van der Waals surface area (Å²) in [6.45, 7) is 0. The highest BCUT2D eigenvalue weighted by atomic mass is 79.9. The van der Waals surface area contributed by atoms with Crippen molar-refractivity contribution in [1.82, 2.24) is 5.32 Å². The van der Waals surface area contributed by atoms with Crippen molar-refractivity contribution in [3.63, 3.8) is 0 Å². The molecule has 2 nitrogen and oxygen atoms in total. The van der Waals surface area contributed by atoms with E-state index >= 15 is 0 Å². The van der Waals surface area contributed by atoms with Gasteiger partial charge in [0.25, 0.3) is 5.91 Å². The van der Waals surface area contributed by atoms with E-state index in [1.165, 1.54) is 22.2 Å². The molecule has 0 aromatic heterocycles. The Balaban J connectivity index is 1.70. The summed E-state index contributed by atoms with van der Waals surface area (Å²) in [5, 5.41) is 2.63. The van der Waals surface area contributed by atoms with Crippen molar-refractivity contribution < 1.29 is 4.79 Å². The van der Waals surface area contributed by atoms with Crippen molar-refractivity contribution in [1.29, 1.82) is 0 Å². The molecule has 1 aliphatic rings. The van der Waals surface area contributed by atoms with E-state index in [4.69, 9.17) is 12.2 Å². The van der Waals surface area contributed by atoms with Crippen molar-refractivity contribution in [3.05, 3.63) is 69.0 Å². The van der Waals surface area contributed by atoms with Gasteiger partial charge >= 0.3 is 0 Å². The zero-order valence-corrected chi connectivity index (χ0v) is 15.9. The Bertz CT molecular complexity index is 787. The van der Waals surface area contributed by atoms with Crippen LogP contribution in [0.1, 0.15) is 11.1 Å². The first-order valence-corrected chi connectivity index (χ1v) is 9.83. The van der Waals surface area contributed by atoms with Crippen LogP contribution >= 0.6 is 51.7 Å². The third-order valence-electron chi connectivity index (χ3n) is 3.11. The molecule has 116 valence electrons. The van der Waals surface area contributed by atoms with Gasteiger partial charge in [0, 0.05) is 15.1 Å². The molecule has 1 aliphatic heterocycles.